The summed E-state index contributed by atoms with van der Waals surface area (Å²) in [6, 6.07) is 0. The highest BCUT2D eigenvalue weighted by Crippen LogP contribution is 2.35. The standard InChI is InChI=1S/C21H44NO4P/c1-2-3-4-5-6-7-8-9-10-11-12-13-14-15-16-17-19-22-20-18-21-26-27(23,24)25/h9-10,22H,2-8,11-21H2,1H3,(H2,23,24,25)/b10-9-. The van der Waals surface area contributed by atoms with Crippen molar-refractivity contribution in [3.63, 3.8) is 0 Å². The molecule has 0 rings (SSSR count). The van der Waals surface area contributed by atoms with Crippen LogP contribution in [-0.2, 0) is 9.09 Å². The normalized spacial score (nSPS) is 12.3. The van der Waals surface area contributed by atoms with Gasteiger partial charge in [0.05, 0.1) is 6.61 Å². The minimum absolute atomic E-state index is 0.102. The summed E-state index contributed by atoms with van der Waals surface area (Å²) in [5.74, 6) is 0. The molecule has 0 spiro atoms. The zero-order valence-corrected chi connectivity index (χ0v) is 18.4. The highest BCUT2D eigenvalue weighted by atomic mass is 31.2. The summed E-state index contributed by atoms with van der Waals surface area (Å²) in [6.07, 6.45) is 23.8. The summed E-state index contributed by atoms with van der Waals surface area (Å²) >= 11 is 0. The fourth-order valence-electron chi connectivity index (χ4n) is 3.00. The second kappa shape index (κ2) is 20.5. The Morgan fingerprint density at radius 2 is 1.22 bits per heavy atom. The Morgan fingerprint density at radius 3 is 1.78 bits per heavy atom. The van der Waals surface area contributed by atoms with Gasteiger partial charge in [-0.2, -0.15) is 0 Å². The molecule has 0 aromatic rings. The van der Waals surface area contributed by atoms with Crippen molar-refractivity contribution in [3.05, 3.63) is 12.2 Å². The predicted octanol–water partition coefficient (Wildman–Crippen LogP) is 6.11. The van der Waals surface area contributed by atoms with E-state index >= 15 is 0 Å². The van der Waals surface area contributed by atoms with Gasteiger partial charge in [0.15, 0.2) is 0 Å². The number of allylic oxidation sites excluding steroid dienone is 2. The SMILES string of the molecule is CCCCCCCC/C=C\CCCCCCCCNCCCOP(=O)(O)O. The number of phosphoric ester groups is 1. The van der Waals surface area contributed by atoms with Crippen LogP contribution in [0.3, 0.4) is 0 Å². The number of rotatable bonds is 21. The van der Waals surface area contributed by atoms with Crippen molar-refractivity contribution in [2.24, 2.45) is 0 Å². The lowest BCUT2D eigenvalue weighted by molar-refractivity contribution is 0.194. The zero-order chi connectivity index (χ0) is 20.1. The molecule has 3 N–H and O–H groups in total. The second-order valence-electron chi connectivity index (χ2n) is 7.37. The van der Waals surface area contributed by atoms with Crippen molar-refractivity contribution in [3.8, 4) is 0 Å². The molecule has 0 saturated heterocycles. The van der Waals surface area contributed by atoms with Gasteiger partial charge in [-0.1, -0.05) is 76.9 Å². The van der Waals surface area contributed by atoms with Crippen molar-refractivity contribution in [2.75, 3.05) is 19.7 Å². The van der Waals surface area contributed by atoms with Gasteiger partial charge in [0.25, 0.3) is 0 Å². The first-order valence-corrected chi connectivity index (χ1v) is 12.6. The Morgan fingerprint density at radius 1 is 0.741 bits per heavy atom. The molecule has 0 bridgehead atoms. The van der Waals surface area contributed by atoms with Crippen LogP contribution < -0.4 is 5.32 Å². The van der Waals surface area contributed by atoms with Crippen molar-refractivity contribution in [1.82, 2.24) is 5.32 Å². The summed E-state index contributed by atoms with van der Waals surface area (Å²) in [5, 5.41) is 3.28. The third kappa shape index (κ3) is 25.8. The van der Waals surface area contributed by atoms with Crippen LogP contribution in [0.1, 0.15) is 103 Å². The molecule has 0 radical (unpaired) electrons. The number of phosphoric acid groups is 1. The van der Waals surface area contributed by atoms with Crippen LogP contribution in [0, 0.1) is 0 Å². The average molecular weight is 406 g/mol. The molecule has 0 heterocycles. The van der Waals surface area contributed by atoms with Gasteiger partial charge in [-0.15, -0.1) is 0 Å². The van der Waals surface area contributed by atoms with Gasteiger partial charge in [0.2, 0.25) is 0 Å². The van der Waals surface area contributed by atoms with Gasteiger partial charge in [0, 0.05) is 0 Å². The summed E-state index contributed by atoms with van der Waals surface area (Å²) in [5.41, 5.74) is 0. The number of unbranched alkanes of at least 4 members (excludes halogenated alkanes) is 12. The Kier molecular flexibility index (Phi) is 20.4. The lowest BCUT2D eigenvalue weighted by atomic mass is 10.1. The van der Waals surface area contributed by atoms with E-state index in [0.717, 1.165) is 19.5 Å². The summed E-state index contributed by atoms with van der Waals surface area (Å²) in [6.45, 7) is 4.08. The molecule has 0 aromatic heterocycles. The van der Waals surface area contributed by atoms with Crippen LogP contribution >= 0.6 is 7.82 Å². The second-order valence-corrected chi connectivity index (χ2v) is 8.60. The molecule has 0 unspecified atom stereocenters. The number of hydrogen-bond donors (Lipinski definition) is 3. The Balaban J connectivity index is 3.10. The topological polar surface area (TPSA) is 78.8 Å². The largest absolute Gasteiger partial charge is 0.469 e. The number of hydrogen-bond acceptors (Lipinski definition) is 3. The average Bonchev–Trinajstić information content (AvgIpc) is 2.62. The van der Waals surface area contributed by atoms with Crippen molar-refractivity contribution in [2.45, 2.75) is 103 Å². The fraction of sp³-hybridized carbons (Fsp3) is 0.905. The Labute approximate surface area is 167 Å². The smallest absolute Gasteiger partial charge is 0.317 e. The fourth-order valence-corrected chi connectivity index (χ4v) is 3.37. The summed E-state index contributed by atoms with van der Waals surface area (Å²) < 4.78 is 14.9. The maximum Gasteiger partial charge on any atom is 0.469 e. The zero-order valence-electron chi connectivity index (χ0n) is 17.5. The molecule has 0 aliphatic rings. The van der Waals surface area contributed by atoms with E-state index in [1.807, 2.05) is 0 Å². The van der Waals surface area contributed by atoms with Crippen LogP contribution in [0.2, 0.25) is 0 Å². The van der Waals surface area contributed by atoms with E-state index in [1.165, 1.54) is 83.5 Å². The van der Waals surface area contributed by atoms with Crippen LogP contribution in [0.4, 0.5) is 0 Å². The van der Waals surface area contributed by atoms with Crippen LogP contribution in [-0.4, -0.2) is 29.5 Å². The van der Waals surface area contributed by atoms with Crippen LogP contribution in [0.15, 0.2) is 12.2 Å². The Hall–Kier alpha value is -0.190. The maximum atomic E-state index is 10.5. The summed E-state index contributed by atoms with van der Waals surface area (Å²) in [4.78, 5) is 17.1. The molecule has 162 valence electrons. The third-order valence-corrected chi connectivity index (χ3v) is 5.14. The third-order valence-electron chi connectivity index (χ3n) is 4.62. The minimum atomic E-state index is -4.29. The maximum absolute atomic E-state index is 10.5. The Bertz CT molecular complexity index is 371. The van der Waals surface area contributed by atoms with E-state index in [9.17, 15) is 4.57 Å². The van der Waals surface area contributed by atoms with E-state index in [2.05, 4.69) is 28.9 Å². The molecule has 0 aliphatic carbocycles. The van der Waals surface area contributed by atoms with Crippen molar-refractivity contribution >= 4 is 7.82 Å². The van der Waals surface area contributed by atoms with Crippen LogP contribution in [0.5, 0.6) is 0 Å². The molecular formula is C21H44NO4P. The van der Waals surface area contributed by atoms with Crippen molar-refractivity contribution < 1.29 is 18.9 Å². The molecule has 5 nitrogen and oxygen atoms in total. The van der Waals surface area contributed by atoms with Gasteiger partial charge >= 0.3 is 7.82 Å². The molecule has 0 aromatic carbocycles. The molecule has 0 saturated carbocycles. The van der Waals surface area contributed by atoms with Gasteiger partial charge < -0.3 is 15.1 Å². The molecule has 0 amide bonds. The molecular weight excluding hydrogens is 361 g/mol. The first kappa shape index (κ1) is 26.8. The monoisotopic (exact) mass is 405 g/mol. The number of nitrogens with one attached hydrogen (secondary N) is 1. The first-order chi connectivity index (χ1) is 13.1. The molecule has 0 aliphatic heterocycles. The quantitative estimate of drug-likeness (QED) is 0.122. The highest BCUT2D eigenvalue weighted by Gasteiger charge is 2.12. The van der Waals surface area contributed by atoms with E-state index in [0.29, 0.717) is 6.42 Å². The minimum Gasteiger partial charge on any atom is -0.317 e. The van der Waals surface area contributed by atoms with E-state index in [1.54, 1.807) is 0 Å². The van der Waals surface area contributed by atoms with Crippen molar-refractivity contribution in [1.29, 1.82) is 0 Å². The summed E-state index contributed by atoms with van der Waals surface area (Å²) in [7, 11) is -4.29. The molecule has 0 fully saturated rings. The van der Waals surface area contributed by atoms with Gasteiger partial charge in [-0.25, -0.2) is 4.57 Å². The highest BCUT2D eigenvalue weighted by molar-refractivity contribution is 7.46. The van der Waals surface area contributed by atoms with E-state index < -0.39 is 7.82 Å². The van der Waals surface area contributed by atoms with Gasteiger partial charge in [0.1, 0.15) is 0 Å². The first-order valence-electron chi connectivity index (χ1n) is 11.1. The lowest BCUT2D eigenvalue weighted by Gasteiger charge is -2.06. The molecule has 27 heavy (non-hydrogen) atoms. The van der Waals surface area contributed by atoms with E-state index in [-0.39, 0.29) is 6.61 Å². The molecule has 0 atom stereocenters. The lowest BCUT2D eigenvalue weighted by Crippen LogP contribution is -2.17. The van der Waals surface area contributed by atoms with Gasteiger partial charge in [-0.05, 0) is 51.6 Å². The molecule has 6 heteroatoms. The van der Waals surface area contributed by atoms with Gasteiger partial charge in [-0.3, -0.25) is 4.52 Å². The van der Waals surface area contributed by atoms with Crippen LogP contribution in [0.25, 0.3) is 0 Å². The predicted molar refractivity (Wildman–Crippen MR) is 115 cm³/mol. The van der Waals surface area contributed by atoms with E-state index in [4.69, 9.17) is 9.79 Å².